The van der Waals surface area contributed by atoms with Crippen LogP contribution in [-0.4, -0.2) is 24.3 Å². The molecular weight excluding hydrogens is 218 g/mol. The fourth-order valence-electron chi connectivity index (χ4n) is 1.32. The highest BCUT2D eigenvalue weighted by atomic mass is 16.5. The molecule has 17 heavy (non-hydrogen) atoms. The summed E-state index contributed by atoms with van der Waals surface area (Å²) in [4.78, 5) is 22.2. The number of nitrogens with one attached hydrogen (secondary N) is 1. The van der Waals surface area contributed by atoms with Crippen molar-refractivity contribution in [2.75, 3.05) is 0 Å². The van der Waals surface area contributed by atoms with Crippen LogP contribution in [0, 0.1) is 0 Å². The molecule has 0 aromatic heterocycles. The minimum Gasteiger partial charge on any atom is -0.481 e. The first-order chi connectivity index (χ1) is 8.02. The van der Waals surface area contributed by atoms with Crippen molar-refractivity contribution >= 4 is 12.2 Å². The van der Waals surface area contributed by atoms with E-state index < -0.39 is 6.10 Å². The highest BCUT2D eigenvalue weighted by molar-refractivity contribution is 5.81. The molecule has 1 amide bonds. The van der Waals surface area contributed by atoms with E-state index in [0.29, 0.717) is 11.3 Å². The molecule has 4 heteroatoms. The summed E-state index contributed by atoms with van der Waals surface area (Å²) in [6.07, 6.45) is 0.158. The largest absolute Gasteiger partial charge is 0.481 e. The number of amides is 1. The van der Waals surface area contributed by atoms with Gasteiger partial charge in [-0.3, -0.25) is 9.59 Å². The van der Waals surface area contributed by atoms with Crippen molar-refractivity contribution < 1.29 is 14.3 Å². The first-order valence-corrected chi connectivity index (χ1v) is 5.55. The number of aldehydes is 1. The van der Waals surface area contributed by atoms with Crippen molar-refractivity contribution in [1.29, 1.82) is 0 Å². The summed E-state index contributed by atoms with van der Waals surface area (Å²) in [5.41, 5.74) is 0.527. The van der Waals surface area contributed by atoms with Crippen molar-refractivity contribution in [2.24, 2.45) is 0 Å². The minimum absolute atomic E-state index is 0.0786. The zero-order chi connectivity index (χ0) is 12.8. The fourth-order valence-corrected chi connectivity index (χ4v) is 1.32. The van der Waals surface area contributed by atoms with E-state index in [4.69, 9.17) is 4.74 Å². The van der Waals surface area contributed by atoms with Gasteiger partial charge in [-0.15, -0.1) is 0 Å². The summed E-state index contributed by atoms with van der Waals surface area (Å²) in [5.74, 6) is 0.345. The Kier molecular flexibility index (Phi) is 4.69. The van der Waals surface area contributed by atoms with Gasteiger partial charge in [-0.1, -0.05) is 12.1 Å². The molecule has 0 heterocycles. The van der Waals surface area contributed by atoms with E-state index >= 15 is 0 Å². The molecule has 0 saturated carbocycles. The van der Waals surface area contributed by atoms with E-state index in [-0.39, 0.29) is 11.9 Å². The molecule has 0 radical (unpaired) electrons. The normalized spacial score (nSPS) is 12.0. The van der Waals surface area contributed by atoms with Gasteiger partial charge in [0, 0.05) is 11.6 Å². The van der Waals surface area contributed by atoms with E-state index in [1.807, 2.05) is 13.8 Å². The quantitative estimate of drug-likeness (QED) is 0.792. The lowest BCUT2D eigenvalue weighted by atomic mass is 10.2. The highest BCUT2D eigenvalue weighted by Gasteiger charge is 2.15. The lowest BCUT2D eigenvalue weighted by molar-refractivity contribution is -0.127. The first kappa shape index (κ1) is 13.2. The second kappa shape index (κ2) is 6.03. The molecule has 1 rings (SSSR count). The van der Waals surface area contributed by atoms with Gasteiger partial charge in [0.25, 0.3) is 5.91 Å². The number of ether oxygens (including phenoxy) is 1. The summed E-state index contributed by atoms with van der Waals surface area (Å²) < 4.78 is 5.45. The van der Waals surface area contributed by atoms with Crippen LogP contribution >= 0.6 is 0 Å². The fraction of sp³-hybridized carbons (Fsp3) is 0.385. The smallest absolute Gasteiger partial charge is 0.260 e. The van der Waals surface area contributed by atoms with Gasteiger partial charge in [-0.2, -0.15) is 0 Å². The van der Waals surface area contributed by atoms with Gasteiger partial charge >= 0.3 is 0 Å². The molecule has 0 aliphatic heterocycles. The maximum absolute atomic E-state index is 11.6. The summed E-state index contributed by atoms with van der Waals surface area (Å²) in [6, 6.07) is 6.79. The molecular formula is C13H17NO3. The second-order valence-corrected chi connectivity index (χ2v) is 4.11. The Balaban J connectivity index is 2.63. The Morgan fingerprint density at radius 2 is 2.06 bits per heavy atom. The third-order valence-electron chi connectivity index (χ3n) is 2.11. The van der Waals surface area contributed by atoms with E-state index in [0.717, 1.165) is 6.29 Å². The molecule has 92 valence electrons. The van der Waals surface area contributed by atoms with Crippen LogP contribution in [0.5, 0.6) is 5.75 Å². The average Bonchev–Trinajstić information content (AvgIpc) is 2.28. The van der Waals surface area contributed by atoms with Crippen LogP contribution in [0.4, 0.5) is 0 Å². The predicted molar refractivity (Wildman–Crippen MR) is 65.2 cm³/mol. The zero-order valence-corrected chi connectivity index (χ0v) is 10.3. The highest BCUT2D eigenvalue weighted by Crippen LogP contribution is 2.13. The Hall–Kier alpha value is -1.84. The van der Waals surface area contributed by atoms with Crippen molar-refractivity contribution in [2.45, 2.75) is 32.9 Å². The summed E-state index contributed by atoms with van der Waals surface area (Å²) >= 11 is 0. The van der Waals surface area contributed by atoms with Crippen molar-refractivity contribution in [3.63, 3.8) is 0 Å². The molecule has 1 N–H and O–H groups in total. The Labute approximate surface area is 101 Å². The van der Waals surface area contributed by atoms with E-state index in [1.54, 1.807) is 31.2 Å². The van der Waals surface area contributed by atoms with Crippen LogP contribution in [0.3, 0.4) is 0 Å². The lowest BCUT2D eigenvalue weighted by Crippen LogP contribution is -2.40. The summed E-state index contributed by atoms with van der Waals surface area (Å²) in [6.45, 7) is 5.45. The van der Waals surface area contributed by atoms with Gasteiger partial charge in [-0.05, 0) is 32.9 Å². The molecule has 0 bridgehead atoms. The number of carbonyl (C=O) groups excluding carboxylic acids is 2. The number of hydrogen-bond donors (Lipinski definition) is 1. The van der Waals surface area contributed by atoms with E-state index in [1.165, 1.54) is 0 Å². The van der Waals surface area contributed by atoms with E-state index in [2.05, 4.69) is 5.32 Å². The van der Waals surface area contributed by atoms with Crippen LogP contribution in [-0.2, 0) is 4.79 Å². The van der Waals surface area contributed by atoms with Gasteiger partial charge in [0.05, 0.1) is 0 Å². The molecule has 0 aliphatic rings. The minimum atomic E-state index is -0.584. The maximum atomic E-state index is 11.6. The number of carbonyl (C=O) groups is 2. The van der Waals surface area contributed by atoms with Crippen molar-refractivity contribution in [3.8, 4) is 5.75 Å². The molecule has 0 unspecified atom stereocenters. The van der Waals surface area contributed by atoms with Crippen LogP contribution in [0.2, 0.25) is 0 Å². The molecule has 0 saturated heterocycles. The van der Waals surface area contributed by atoms with Gasteiger partial charge in [0.2, 0.25) is 0 Å². The number of rotatable bonds is 5. The predicted octanol–water partition coefficient (Wildman–Crippen LogP) is 1.79. The second-order valence-electron chi connectivity index (χ2n) is 4.11. The molecule has 4 nitrogen and oxygen atoms in total. The topological polar surface area (TPSA) is 55.4 Å². The van der Waals surface area contributed by atoms with Gasteiger partial charge in [0.1, 0.15) is 12.0 Å². The summed E-state index contributed by atoms with van der Waals surface area (Å²) in [7, 11) is 0. The first-order valence-electron chi connectivity index (χ1n) is 5.55. The third-order valence-corrected chi connectivity index (χ3v) is 2.11. The van der Waals surface area contributed by atoms with Crippen LogP contribution < -0.4 is 10.1 Å². The number of hydrogen-bond acceptors (Lipinski definition) is 3. The van der Waals surface area contributed by atoms with E-state index in [9.17, 15) is 9.59 Å². The Bertz CT molecular complexity index is 401. The molecule has 1 atom stereocenters. The average molecular weight is 235 g/mol. The van der Waals surface area contributed by atoms with Crippen molar-refractivity contribution in [1.82, 2.24) is 5.32 Å². The number of benzene rings is 1. The van der Waals surface area contributed by atoms with Crippen molar-refractivity contribution in [3.05, 3.63) is 29.8 Å². The maximum Gasteiger partial charge on any atom is 0.260 e. The van der Waals surface area contributed by atoms with Gasteiger partial charge in [0.15, 0.2) is 6.10 Å². The molecule has 1 aromatic carbocycles. The van der Waals surface area contributed by atoms with Gasteiger partial charge < -0.3 is 10.1 Å². The monoisotopic (exact) mass is 235 g/mol. The van der Waals surface area contributed by atoms with Gasteiger partial charge in [-0.25, -0.2) is 0 Å². The molecule has 0 fully saturated rings. The lowest BCUT2D eigenvalue weighted by Gasteiger charge is -2.16. The van der Waals surface area contributed by atoms with Crippen LogP contribution in [0.25, 0.3) is 0 Å². The molecule has 0 spiro atoms. The Morgan fingerprint density at radius 1 is 1.35 bits per heavy atom. The SMILES string of the molecule is CC(C)NC(=O)[C@H](C)Oc1cccc(C=O)c1. The standard InChI is InChI=1S/C13H17NO3/c1-9(2)14-13(16)10(3)17-12-6-4-5-11(7-12)8-15/h4-10H,1-3H3,(H,14,16)/t10-/m0/s1. The van der Waals surface area contributed by atoms with Crippen LogP contribution in [0.1, 0.15) is 31.1 Å². The summed E-state index contributed by atoms with van der Waals surface area (Å²) in [5, 5.41) is 2.76. The molecule has 1 aromatic rings. The Morgan fingerprint density at radius 3 is 2.65 bits per heavy atom. The van der Waals surface area contributed by atoms with Crippen LogP contribution in [0.15, 0.2) is 24.3 Å². The zero-order valence-electron chi connectivity index (χ0n) is 10.3. The third kappa shape index (κ3) is 4.26. The molecule has 0 aliphatic carbocycles.